The molecule has 0 bridgehead atoms. The monoisotopic (exact) mass is 431 g/mol. The maximum absolute atomic E-state index is 12.3. The van der Waals surface area contributed by atoms with Crippen molar-refractivity contribution in [2.75, 3.05) is 25.0 Å². The molecule has 1 saturated heterocycles. The Balaban J connectivity index is 1.28. The number of carbonyl (C=O) groups is 1. The van der Waals surface area contributed by atoms with Crippen molar-refractivity contribution in [3.8, 4) is 5.75 Å². The average Bonchev–Trinajstić information content (AvgIpc) is 3.49. The van der Waals surface area contributed by atoms with Gasteiger partial charge in [0.15, 0.2) is 0 Å². The van der Waals surface area contributed by atoms with Crippen molar-refractivity contribution in [1.29, 1.82) is 0 Å². The summed E-state index contributed by atoms with van der Waals surface area (Å²) in [5.41, 5.74) is 4.75. The first-order valence-electron chi connectivity index (χ1n) is 11.2. The van der Waals surface area contributed by atoms with E-state index in [0.29, 0.717) is 18.5 Å². The summed E-state index contributed by atoms with van der Waals surface area (Å²) >= 11 is 0. The molecule has 0 radical (unpaired) electrons. The number of hydrogen-bond donors (Lipinski definition) is 1. The van der Waals surface area contributed by atoms with Gasteiger partial charge in [0.2, 0.25) is 0 Å². The highest BCUT2D eigenvalue weighted by Crippen LogP contribution is 2.52. The number of amides is 1. The first-order chi connectivity index (χ1) is 15.5. The lowest BCUT2D eigenvalue weighted by molar-refractivity contribution is 0.200. The zero-order valence-electron chi connectivity index (χ0n) is 18.6. The third-order valence-electron chi connectivity index (χ3n) is 6.92. The third kappa shape index (κ3) is 3.75. The second kappa shape index (κ2) is 8.36. The molecule has 32 heavy (non-hydrogen) atoms. The van der Waals surface area contributed by atoms with E-state index in [0.717, 1.165) is 31.5 Å². The molecule has 2 atom stereocenters. The SMILES string of the molecule is CN1c2ccc(OC(=O)NCc3ccoc3)cc2[C@]2(C)CCN(CCc3ccccc3)C12. The fourth-order valence-corrected chi connectivity index (χ4v) is 5.31. The van der Waals surface area contributed by atoms with Crippen LogP contribution in [0.2, 0.25) is 0 Å². The molecule has 0 aliphatic carbocycles. The van der Waals surface area contributed by atoms with Gasteiger partial charge in [0.1, 0.15) is 5.75 Å². The standard InChI is InChI=1S/C26H29N3O3/c1-26-12-14-29(13-10-19-6-4-3-5-7-19)24(26)28(2)23-9-8-21(16-22(23)26)32-25(30)27-17-20-11-15-31-18-20/h3-9,11,15-16,18,24H,10,12-14,17H2,1-2H3,(H,27,30)/t24?,26-/m0/s1. The number of fused-ring (bicyclic) bond motifs is 3. The predicted molar refractivity (Wildman–Crippen MR) is 124 cm³/mol. The maximum atomic E-state index is 12.3. The summed E-state index contributed by atoms with van der Waals surface area (Å²) in [6.45, 7) is 4.81. The number of benzene rings is 2. The van der Waals surface area contributed by atoms with Crippen molar-refractivity contribution in [2.45, 2.75) is 37.9 Å². The van der Waals surface area contributed by atoms with Crippen LogP contribution in [0.5, 0.6) is 5.75 Å². The van der Waals surface area contributed by atoms with Crippen LogP contribution in [0.4, 0.5) is 10.5 Å². The van der Waals surface area contributed by atoms with Crippen molar-refractivity contribution < 1.29 is 13.9 Å². The summed E-state index contributed by atoms with van der Waals surface area (Å²) < 4.78 is 10.6. The molecule has 1 aromatic heterocycles. The molecule has 1 amide bonds. The van der Waals surface area contributed by atoms with Crippen molar-refractivity contribution >= 4 is 11.8 Å². The summed E-state index contributed by atoms with van der Waals surface area (Å²) in [6, 6.07) is 18.5. The maximum Gasteiger partial charge on any atom is 0.412 e. The highest BCUT2D eigenvalue weighted by molar-refractivity contribution is 5.72. The second-order valence-electron chi connectivity index (χ2n) is 8.98. The number of likely N-dealkylation sites (tertiary alicyclic amines) is 1. The first-order valence-corrected chi connectivity index (χ1v) is 11.2. The Morgan fingerprint density at radius 2 is 2.03 bits per heavy atom. The second-order valence-corrected chi connectivity index (χ2v) is 8.98. The Kier molecular flexibility index (Phi) is 5.39. The van der Waals surface area contributed by atoms with E-state index in [9.17, 15) is 4.79 Å². The summed E-state index contributed by atoms with van der Waals surface area (Å²) in [6.07, 6.45) is 5.17. The van der Waals surface area contributed by atoms with Crippen LogP contribution in [-0.2, 0) is 18.4 Å². The average molecular weight is 432 g/mol. The lowest BCUT2D eigenvalue weighted by Gasteiger charge is -2.34. The number of ether oxygens (including phenoxy) is 1. The van der Waals surface area contributed by atoms with Crippen LogP contribution < -0.4 is 15.0 Å². The van der Waals surface area contributed by atoms with Crippen LogP contribution in [0, 0.1) is 0 Å². The zero-order valence-corrected chi connectivity index (χ0v) is 18.6. The van der Waals surface area contributed by atoms with Gasteiger partial charge in [0.05, 0.1) is 18.7 Å². The number of likely N-dealkylation sites (N-methyl/N-ethyl adjacent to an activating group) is 1. The zero-order chi connectivity index (χ0) is 22.1. The summed E-state index contributed by atoms with van der Waals surface area (Å²) in [5, 5.41) is 2.77. The summed E-state index contributed by atoms with van der Waals surface area (Å²) in [5.74, 6) is 0.575. The van der Waals surface area contributed by atoms with Crippen LogP contribution in [0.1, 0.15) is 30.0 Å². The predicted octanol–water partition coefficient (Wildman–Crippen LogP) is 4.55. The number of nitrogens with zero attached hydrogens (tertiary/aromatic N) is 2. The third-order valence-corrected chi connectivity index (χ3v) is 6.92. The number of nitrogens with one attached hydrogen (secondary N) is 1. The smallest absolute Gasteiger partial charge is 0.412 e. The number of rotatable bonds is 6. The normalized spacial score (nSPS) is 21.9. The van der Waals surface area contributed by atoms with Crippen LogP contribution in [0.25, 0.3) is 0 Å². The van der Waals surface area contributed by atoms with Crippen LogP contribution >= 0.6 is 0 Å². The van der Waals surface area contributed by atoms with Gasteiger partial charge >= 0.3 is 6.09 Å². The molecular weight excluding hydrogens is 402 g/mol. The number of furan rings is 1. The van der Waals surface area contributed by atoms with Crippen LogP contribution in [-0.4, -0.2) is 37.3 Å². The minimum Gasteiger partial charge on any atom is -0.472 e. The van der Waals surface area contributed by atoms with Gasteiger partial charge in [-0.1, -0.05) is 37.3 Å². The molecule has 0 spiro atoms. The Bertz CT molecular complexity index is 1080. The molecule has 1 fully saturated rings. The molecule has 2 aliphatic heterocycles. The van der Waals surface area contributed by atoms with E-state index in [1.165, 1.54) is 16.8 Å². The van der Waals surface area contributed by atoms with E-state index in [4.69, 9.17) is 9.15 Å². The Morgan fingerprint density at radius 3 is 2.81 bits per heavy atom. The molecular formula is C26H29N3O3. The van der Waals surface area contributed by atoms with Crippen molar-refractivity contribution in [3.63, 3.8) is 0 Å². The fourth-order valence-electron chi connectivity index (χ4n) is 5.31. The largest absolute Gasteiger partial charge is 0.472 e. The molecule has 166 valence electrons. The molecule has 2 aromatic carbocycles. The lowest BCUT2D eigenvalue weighted by Crippen LogP contribution is -2.47. The number of hydrogen-bond acceptors (Lipinski definition) is 5. The Hall–Kier alpha value is -3.25. The highest BCUT2D eigenvalue weighted by atomic mass is 16.6. The number of anilines is 1. The molecule has 2 aliphatic rings. The molecule has 3 aromatic rings. The minimum atomic E-state index is -0.463. The molecule has 1 N–H and O–H groups in total. The molecule has 6 nitrogen and oxygen atoms in total. The molecule has 6 heteroatoms. The van der Waals surface area contributed by atoms with Gasteiger partial charge in [0, 0.05) is 43.3 Å². The van der Waals surface area contributed by atoms with E-state index < -0.39 is 6.09 Å². The van der Waals surface area contributed by atoms with Gasteiger partial charge in [-0.15, -0.1) is 0 Å². The summed E-state index contributed by atoms with van der Waals surface area (Å²) in [4.78, 5) is 17.2. The van der Waals surface area contributed by atoms with E-state index >= 15 is 0 Å². The van der Waals surface area contributed by atoms with Crippen molar-refractivity contribution in [1.82, 2.24) is 10.2 Å². The summed E-state index contributed by atoms with van der Waals surface area (Å²) in [7, 11) is 2.17. The highest BCUT2D eigenvalue weighted by Gasteiger charge is 2.53. The van der Waals surface area contributed by atoms with Gasteiger partial charge in [-0.05, 0) is 48.2 Å². The molecule has 5 rings (SSSR count). The van der Waals surface area contributed by atoms with Crippen LogP contribution in [0.3, 0.4) is 0 Å². The van der Waals surface area contributed by atoms with Crippen LogP contribution in [0.15, 0.2) is 71.5 Å². The molecule has 0 saturated carbocycles. The molecule has 3 heterocycles. The topological polar surface area (TPSA) is 58.0 Å². The van der Waals surface area contributed by atoms with Crippen molar-refractivity contribution in [2.24, 2.45) is 0 Å². The van der Waals surface area contributed by atoms with Gasteiger partial charge < -0.3 is 19.4 Å². The van der Waals surface area contributed by atoms with Gasteiger partial charge in [-0.3, -0.25) is 4.90 Å². The number of carbonyl (C=O) groups excluding carboxylic acids is 1. The minimum absolute atomic E-state index is 0.00735. The molecule has 1 unspecified atom stereocenters. The van der Waals surface area contributed by atoms with E-state index in [2.05, 4.69) is 65.5 Å². The lowest BCUT2D eigenvalue weighted by atomic mass is 9.81. The quantitative estimate of drug-likeness (QED) is 0.621. The van der Waals surface area contributed by atoms with E-state index in [1.807, 2.05) is 18.2 Å². The first kappa shape index (κ1) is 20.6. The van der Waals surface area contributed by atoms with Gasteiger partial charge in [0.25, 0.3) is 0 Å². The van der Waals surface area contributed by atoms with Gasteiger partial charge in [-0.2, -0.15) is 0 Å². The van der Waals surface area contributed by atoms with Gasteiger partial charge in [-0.25, -0.2) is 4.79 Å². The fraction of sp³-hybridized carbons (Fsp3) is 0.346. The Labute approximate surface area is 188 Å². The van der Waals surface area contributed by atoms with E-state index in [-0.39, 0.29) is 5.41 Å². The Morgan fingerprint density at radius 1 is 1.19 bits per heavy atom. The van der Waals surface area contributed by atoms with E-state index in [1.54, 1.807) is 12.5 Å². The van der Waals surface area contributed by atoms with Crippen molar-refractivity contribution in [3.05, 3.63) is 83.8 Å².